The van der Waals surface area contributed by atoms with Crippen LogP contribution in [-0.2, 0) is 22.9 Å². The number of ether oxygens (including phenoxy) is 1. The topological polar surface area (TPSA) is 92.7 Å². The normalized spacial score (nSPS) is 12.1. The molecule has 28 heavy (non-hydrogen) atoms. The third-order valence-corrected chi connectivity index (χ3v) is 5.19. The Bertz CT molecular complexity index is 923. The van der Waals surface area contributed by atoms with Crippen LogP contribution in [-0.4, -0.2) is 38.8 Å². The largest absolute Gasteiger partial charge is 0.475 e. The van der Waals surface area contributed by atoms with E-state index in [0.717, 1.165) is 16.7 Å². The van der Waals surface area contributed by atoms with E-state index in [4.69, 9.17) is 4.74 Å². The van der Waals surface area contributed by atoms with Gasteiger partial charge in [-0.3, -0.25) is 4.99 Å². The quantitative estimate of drug-likeness (QED) is 0.544. The van der Waals surface area contributed by atoms with Crippen molar-refractivity contribution in [2.24, 2.45) is 4.99 Å². The molecule has 0 aliphatic heterocycles. The first-order chi connectivity index (χ1) is 13.2. The highest BCUT2D eigenvalue weighted by Crippen LogP contribution is 2.16. The van der Waals surface area contributed by atoms with E-state index in [9.17, 15) is 8.42 Å². The van der Waals surface area contributed by atoms with Gasteiger partial charge in [0.1, 0.15) is 0 Å². The molecule has 0 saturated carbocycles. The average Bonchev–Trinajstić information content (AvgIpc) is 2.61. The van der Waals surface area contributed by atoms with E-state index in [-0.39, 0.29) is 6.10 Å². The maximum absolute atomic E-state index is 11.7. The fourth-order valence-corrected chi connectivity index (χ4v) is 3.62. The minimum Gasteiger partial charge on any atom is -0.475 e. The van der Waals surface area contributed by atoms with Gasteiger partial charge in [-0.05, 0) is 43.5 Å². The Hall–Kier alpha value is -2.61. The predicted octanol–water partition coefficient (Wildman–Crippen LogP) is 2.45. The number of aryl methyl sites for hydroxylation is 1. The van der Waals surface area contributed by atoms with E-state index in [1.165, 1.54) is 6.26 Å². The van der Waals surface area contributed by atoms with E-state index in [2.05, 4.69) is 20.6 Å². The number of nitrogens with one attached hydrogen (secondary N) is 2. The predicted molar refractivity (Wildman–Crippen MR) is 111 cm³/mol. The Morgan fingerprint density at radius 1 is 1.14 bits per heavy atom. The molecule has 1 heterocycles. The zero-order valence-electron chi connectivity index (χ0n) is 17.0. The SMILES string of the molecule is CN=C(NCc1ccc(OC(C)C)nc1)NCc1ccc(S(C)(=O)=O)c(C)c1. The van der Waals surface area contributed by atoms with Crippen LogP contribution in [0, 0.1) is 6.92 Å². The van der Waals surface area contributed by atoms with Crippen molar-refractivity contribution in [3.8, 4) is 5.88 Å². The molecule has 1 aromatic heterocycles. The van der Waals surface area contributed by atoms with Crippen LogP contribution >= 0.6 is 0 Å². The molecule has 0 radical (unpaired) electrons. The van der Waals surface area contributed by atoms with Crippen molar-refractivity contribution < 1.29 is 13.2 Å². The Morgan fingerprint density at radius 3 is 2.29 bits per heavy atom. The number of hydrogen-bond acceptors (Lipinski definition) is 5. The molecule has 2 aromatic rings. The monoisotopic (exact) mass is 404 g/mol. The summed E-state index contributed by atoms with van der Waals surface area (Å²) in [6.07, 6.45) is 3.08. The molecule has 0 unspecified atom stereocenters. The molecule has 2 rings (SSSR count). The molecule has 0 atom stereocenters. The summed E-state index contributed by atoms with van der Waals surface area (Å²) in [5, 5.41) is 6.45. The third-order valence-electron chi connectivity index (χ3n) is 3.94. The van der Waals surface area contributed by atoms with Gasteiger partial charge in [0, 0.05) is 38.7 Å². The summed E-state index contributed by atoms with van der Waals surface area (Å²) >= 11 is 0. The van der Waals surface area contributed by atoms with Gasteiger partial charge in [-0.15, -0.1) is 0 Å². The molecule has 0 amide bonds. The Morgan fingerprint density at radius 2 is 1.79 bits per heavy atom. The molecule has 8 heteroatoms. The lowest BCUT2D eigenvalue weighted by molar-refractivity contribution is 0.232. The molecule has 0 fully saturated rings. The van der Waals surface area contributed by atoms with Crippen LogP contribution in [0.2, 0.25) is 0 Å². The van der Waals surface area contributed by atoms with Gasteiger partial charge in [-0.25, -0.2) is 13.4 Å². The van der Waals surface area contributed by atoms with Crippen molar-refractivity contribution in [3.05, 3.63) is 53.2 Å². The first-order valence-corrected chi connectivity index (χ1v) is 10.9. The lowest BCUT2D eigenvalue weighted by Crippen LogP contribution is -2.36. The van der Waals surface area contributed by atoms with Crippen LogP contribution in [0.4, 0.5) is 0 Å². The van der Waals surface area contributed by atoms with Crippen molar-refractivity contribution in [1.29, 1.82) is 0 Å². The van der Waals surface area contributed by atoms with Gasteiger partial charge in [0.15, 0.2) is 15.8 Å². The smallest absolute Gasteiger partial charge is 0.213 e. The molecular formula is C20H28N4O3S. The van der Waals surface area contributed by atoms with E-state index < -0.39 is 9.84 Å². The minimum absolute atomic E-state index is 0.0923. The number of aliphatic imine (C=N–C) groups is 1. The summed E-state index contributed by atoms with van der Waals surface area (Å²) in [5.74, 6) is 1.25. The molecular weight excluding hydrogens is 376 g/mol. The molecule has 2 N–H and O–H groups in total. The zero-order chi connectivity index (χ0) is 20.7. The van der Waals surface area contributed by atoms with Crippen LogP contribution < -0.4 is 15.4 Å². The molecule has 152 valence electrons. The molecule has 1 aromatic carbocycles. The van der Waals surface area contributed by atoms with Gasteiger partial charge in [-0.1, -0.05) is 18.2 Å². The van der Waals surface area contributed by atoms with Crippen LogP contribution in [0.1, 0.15) is 30.5 Å². The van der Waals surface area contributed by atoms with Gasteiger partial charge in [-0.2, -0.15) is 0 Å². The molecule has 0 aliphatic carbocycles. The number of benzene rings is 1. The van der Waals surface area contributed by atoms with Gasteiger partial charge in [0.05, 0.1) is 11.0 Å². The molecule has 0 bridgehead atoms. The number of rotatable bonds is 7. The van der Waals surface area contributed by atoms with Gasteiger partial charge >= 0.3 is 0 Å². The zero-order valence-corrected chi connectivity index (χ0v) is 17.8. The highest BCUT2D eigenvalue weighted by molar-refractivity contribution is 7.90. The number of pyridine rings is 1. The first kappa shape index (κ1) is 21.7. The fraction of sp³-hybridized carbons (Fsp3) is 0.400. The van der Waals surface area contributed by atoms with Crippen molar-refractivity contribution in [1.82, 2.24) is 15.6 Å². The summed E-state index contributed by atoms with van der Waals surface area (Å²) < 4.78 is 29.0. The second kappa shape index (κ2) is 9.54. The van der Waals surface area contributed by atoms with Gasteiger partial charge in [0.25, 0.3) is 0 Å². The van der Waals surface area contributed by atoms with Crippen molar-refractivity contribution in [3.63, 3.8) is 0 Å². The van der Waals surface area contributed by atoms with E-state index >= 15 is 0 Å². The summed E-state index contributed by atoms with van der Waals surface area (Å²) in [7, 11) is -1.51. The van der Waals surface area contributed by atoms with Crippen molar-refractivity contribution in [2.75, 3.05) is 13.3 Å². The van der Waals surface area contributed by atoms with Gasteiger partial charge < -0.3 is 15.4 Å². The number of aromatic nitrogens is 1. The molecule has 0 aliphatic rings. The number of guanidine groups is 1. The second-order valence-electron chi connectivity index (χ2n) is 6.82. The Balaban J connectivity index is 1.90. The Kier molecular flexibility index (Phi) is 7.39. The summed E-state index contributed by atoms with van der Waals surface area (Å²) in [6, 6.07) is 9.12. The van der Waals surface area contributed by atoms with E-state index in [1.807, 2.05) is 32.0 Å². The van der Waals surface area contributed by atoms with E-state index in [0.29, 0.717) is 29.8 Å². The van der Waals surface area contributed by atoms with Crippen LogP contribution in [0.5, 0.6) is 5.88 Å². The lowest BCUT2D eigenvalue weighted by Gasteiger charge is -2.13. The van der Waals surface area contributed by atoms with Crippen molar-refractivity contribution in [2.45, 2.75) is 44.9 Å². The van der Waals surface area contributed by atoms with Gasteiger partial charge in [0.2, 0.25) is 5.88 Å². The average molecular weight is 405 g/mol. The van der Waals surface area contributed by atoms with Crippen LogP contribution in [0.15, 0.2) is 46.4 Å². The third kappa shape index (κ3) is 6.53. The molecule has 7 nitrogen and oxygen atoms in total. The number of nitrogens with zero attached hydrogens (tertiary/aromatic N) is 2. The summed E-state index contributed by atoms with van der Waals surface area (Å²) in [6.45, 7) is 6.82. The molecule has 0 saturated heterocycles. The highest BCUT2D eigenvalue weighted by atomic mass is 32.2. The number of hydrogen-bond donors (Lipinski definition) is 2. The summed E-state index contributed by atoms with van der Waals surface area (Å²) in [5.41, 5.74) is 2.72. The Labute approximate surface area is 167 Å². The first-order valence-electron chi connectivity index (χ1n) is 9.04. The minimum atomic E-state index is -3.21. The van der Waals surface area contributed by atoms with Crippen LogP contribution in [0.3, 0.4) is 0 Å². The fourth-order valence-electron chi connectivity index (χ4n) is 2.66. The maximum atomic E-state index is 11.7. The number of sulfone groups is 1. The maximum Gasteiger partial charge on any atom is 0.213 e. The standard InChI is InChI=1S/C20H28N4O3S/c1-14(2)27-19-9-7-17(12-22-19)13-24-20(21-4)23-11-16-6-8-18(15(3)10-16)28(5,25)26/h6-10,12,14H,11,13H2,1-5H3,(H2,21,23,24). The van der Waals surface area contributed by atoms with Crippen molar-refractivity contribution >= 4 is 15.8 Å². The van der Waals surface area contributed by atoms with Crippen LogP contribution in [0.25, 0.3) is 0 Å². The highest BCUT2D eigenvalue weighted by Gasteiger charge is 2.11. The molecule has 0 spiro atoms. The second-order valence-corrected chi connectivity index (χ2v) is 8.81. The van der Waals surface area contributed by atoms with E-state index in [1.54, 1.807) is 32.3 Å². The summed E-state index contributed by atoms with van der Waals surface area (Å²) in [4.78, 5) is 8.85. The lowest BCUT2D eigenvalue weighted by atomic mass is 10.1.